The lowest BCUT2D eigenvalue weighted by molar-refractivity contribution is 0.101. The van der Waals surface area contributed by atoms with Crippen LogP contribution in [0.15, 0.2) is 84.9 Å². The van der Waals surface area contributed by atoms with Crippen LogP contribution in [-0.4, -0.2) is 22.0 Å². The SMILES string of the molecule is Cc1ccc(C(=O)Nc2cc(Oc3ccc(O)c(NC(=O)c4ccc(C)cc4)c3)ccc2O)cc1. The van der Waals surface area contributed by atoms with Gasteiger partial charge >= 0.3 is 0 Å². The number of anilines is 2. The first kappa shape index (κ1) is 23.4. The zero-order chi connectivity index (χ0) is 24.9. The van der Waals surface area contributed by atoms with E-state index in [9.17, 15) is 19.8 Å². The van der Waals surface area contributed by atoms with Crippen LogP contribution >= 0.6 is 0 Å². The minimum absolute atomic E-state index is 0.116. The van der Waals surface area contributed by atoms with E-state index < -0.39 is 0 Å². The summed E-state index contributed by atoms with van der Waals surface area (Å²) in [4.78, 5) is 25.1. The van der Waals surface area contributed by atoms with Crippen molar-refractivity contribution in [3.8, 4) is 23.0 Å². The molecule has 0 fully saturated rings. The normalized spacial score (nSPS) is 10.5. The molecule has 0 heterocycles. The molecule has 0 spiro atoms. The number of rotatable bonds is 6. The standard InChI is InChI=1S/C28H24N2O5/c1-17-3-7-19(8-4-17)27(33)29-23-15-21(11-13-25(23)31)35-22-12-14-26(32)24(16-22)30-28(34)20-9-5-18(2)6-10-20/h3-16,31-32H,1-2H3,(H,29,33)(H,30,34). The Kier molecular flexibility index (Phi) is 6.69. The van der Waals surface area contributed by atoms with E-state index in [1.54, 1.807) is 24.3 Å². The first-order valence-corrected chi connectivity index (χ1v) is 10.9. The molecule has 35 heavy (non-hydrogen) atoms. The van der Waals surface area contributed by atoms with Gasteiger partial charge in [0.25, 0.3) is 11.8 Å². The molecule has 0 aromatic heterocycles. The fraction of sp³-hybridized carbons (Fsp3) is 0.0714. The van der Waals surface area contributed by atoms with Gasteiger partial charge in [-0.25, -0.2) is 0 Å². The molecule has 0 aliphatic heterocycles. The van der Waals surface area contributed by atoms with Crippen molar-refractivity contribution in [3.63, 3.8) is 0 Å². The van der Waals surface area contributed by atoms with Crippen molar-refractivity contribution in [1.29, 1.82) is 0 Å². The number of carbonyl (C=O) groups excluding carboxylic acids is 2. The number of carbonyl (C=O) groups is 2. The van der Waals surface area contributed by atoms with Crippen LogP contribution < -0.4 is 15.4 Å². The fourth-order valence-corrected chi connectivity index (χ4v) is 3.29. The Morgan fingerprint density at radius 1 is 0.600 bits per heavy atom. The lowest BCUT2D eigenvalue weighted by Crippen LogP contribution is -2.12. The number of phenolic OH excluding ortho intramolecular Hbond substituents is 2. The minimum atomic E-state index is -0.372. The van der Waals surface area contributed by atoms with E-state index in [2.05, 4.69) is 10.6 Å². The highest BCUT2D eigenvalue weighted by Crippen LogP contribution is 2.34. The Balaban J connectivity index is 1.50. The molecule has 0 bridgehead atoms. The summed E-state index contributed by atoms with van der Waals surface area (Å²) in [6.07, 6.45) is 0. The zero-order valence-corrected chi connectivity index (χ0v) is 19.2. The Labute approximate surface area is 202 Å². The summed E-state index contributed by atoms with van der Waals surface area (Å²) in [6, 6.07) is 23.0. The molecule has 4 rings (SSSR count). The van der Waals surface area contributed by atoms with Crippen LogP contribution in [0.1, 0.15) is 31.8 Å². The number of aromatic hydroxyl groups is 2. The van der Waals surface area contributed by atoms with Crippen LogP contribution in [-0.2, 0) is 0 Å². The van der Waals surface area contributed by atoms with Gasteiger partial charge in [0.05, 0.1) is 11.4 Å². The highest BCUT2D eigenvalue weighted by atomic mass is 16.5. The first-order chi connectivity index (χ1) is 16.8. The van der Waals surface area contributed by atoms with Crippen molar-refractivity contribution < 1.29 is 24.5 Å². The molecule has 0 atom stereocenters. The van der Waals surface area contributed by atoms with Crippen molar-refractivity contribution >= 4 is 23.2 Å². The minimum Gasteiger partial charge on any atom is -0.506 e. The van der Waals surface area contributed by atoms with Gasteiger partial charge in [-0.1, -0.05) is 35.4 Å². The lowest BCUT2D eigenvalue weighted by atomic mass is 10.1. The summed E-state index contributed by atoms with van der Waals surface area (Å²) < 4.78 is 5.85. The van der Waals surface area contributed by atoms with Gasteiger partial charge < -0.3 is 25.6 Å². The Morgan fingerprint density at radius 2 is 0.971 bits per heavy atom. The highest BCUT2D eigenvalue weighted by Gasteiger charge is 2.13. The van der Waals surface area contributed by atoms with E-state index in [1.807, 2.05) is 38.1 Å². The highest BCUT2D eigenvalue weighted by molar-refractivity contribution is 6.05. The van der Waals surface area contributed by atoms with E-state index in [1.165, 1.54) is 36.4 Å². The average Bonchev–Trinajstić information content (AvgIpc) is 2.84. The molecule has 7 heteroatoms. The van der Waals surface area contributed by atoms with Crippen LogP contribution in [0.2, 0.25) is 0 Å². The summed E-state index contributed by atoms with van der Waals surface area (Å²) in [7, 11) is 0. The van der Waals surface area contributed by atoms with Crippen molar-refractivity contribution in [2.45, 2.75) is 13.8 Å². The molecular formula is C28H24N2O5. The summed E-state index contributed by atoms with van der Waals surface area (Å²) in [5, 5.41) is 25.7. The summed E-state index contributed by atoms with van der Waals surface area (Å²) in [5.41, 5.74) is 3.33. The molecule has 0 radical (unpaired) electrons. The largest absolute Gasteiger partial charge is 0.506 e. The third-order valence-corrected chi connectivity index (χ3v) is 5.30. The number of hydrogen-bond donors (Lipinski definition) is 4. The summed E-state index contributed by atoms with van der Waals surface area (Å²) >= 11 is 0. The Hall–Kier alpha value is -4.78. The van der Waals surface area contributed by atoms with Crippen LogP contribution in [0.3, 0.4) is 0 Å². The predicted octanol–water partition coefficient (Wildman–Crippen LogP) is 6.01. The molecule has 0 unspecified atom stereocenters. The van der Waals surface area contributed by atoms with Gasteiger partial charge in [-0.05, 0) is 62.4 Å². The second kappa shape index (κ2) is 10.0. The van der Waals surface area contributed by atoms with Gasteiger partial charge in [0.15, 0.2) is 0 Å². The smallest absolute Gasteiger partial charge is 0.255 e. The number of nitrogens with one attached hydrogen (secondary N) is 2. The lowest BCUT2D eigenvalue weighted by Gasteiger charge is -2.13. The molecule has 7 nitrogen and oxygen atoms in total. The van der Waals surface area contributed by atoms with Gasteiger partial charge in [0.1, 0.15) is 23.0 Å². The van der Waals surface area contributed by atoms with Crippen molar-refractivity contribution in [1.82, 2.24) is 0 Å². The maximum absolute atomic E-state index is 12.5. The predicted molar refractivity (Wildman–Crippen MR) is 135 cm³/mol. The Bertz CT molecular complexity index is 1270. The van der Waals surface area contributed by atoms with Gasteiger partial charge in [-0.2, -0.15) is 0 Å². The van der Waals surface area contributed by atoms with E-state index in [4.69, 9.17) is 4.74 Å². The molecule has 0 aliphatic rings. The van der Waals surface area contributed by atoms with Crippen LogP contribution in [0.5, 0.6) is 23.0 Å². The molecule has 176 valence electrons. The van der Waals surface area contributed by atoms with Crippen molar-refractivity contribution in [3.05, 3.63) is 107 Å². The van der Waals surface area contributed by atoms with Crippen LogP contribution in [0, 0.1) is 13.8 Å². The van der Waals surface area contributed by atoms with E-state index in [-0.39, 0.29) is 34.7 Å². The quantitative estimate of drug-likeness (QED) is 0.259. The van der Waals surface area contributed by atoms with Gasteiger partial charge in [-0.3, -0.25) is 9.59 Å². The summed E-state index contributed by atoms with van der Waals surface area (Å²) in [6.45, 7) is 3.86. The number of aryl methyl sites for hydroxylation is 2. The number of ether oxygens (including phenoxy) is 1. The fourth-order valence-electron chi connectivity index (χ4n) is 3.29. The van der Waals surface area contributed by atoms with Gasteiger partial charge in [-0.15, -0.1) is 0 Å². The van der Waals surface area contributed by atoms with Crippen molar-refractivity contribution in [2.75, 3.05) is 10.6 Å². The molecule has 4 N–H and O–H groups in total. The van der Waals surface area contributed by atoms with Crippen molar-refractivity contribution in [2.24, 2.45) is 0 Å². The van der Waals surface area contributed by atoms with Crippen LogP contribution in [0.25, 0.3) is 0 Å². The molecule has 2 amide bonds. The first-order valence-electron chi connectivity index (χ1n) is 10.9. The van der Waals surface area contributed by atoms with Crippen LogP contribution in [0.4, 0.5) is 11.4 Å². The molecular weight excluding hydrogens is 444 g/mol. The number of amides is 2. The molecule has 0 aliphatic carbocycles. The summed E-state index contributed by atoms with van der Waals surface area (Å²) in [5.74, 6) is -0.303. The third kappa shape index (κ3) is 5.78. The van der Waals surface area contributed by atoms with E-state index in [0.717, 1.165) is 11.1 Å². The van der Waals surface area contributed by atoms with Gasteiger partial charge in [0.2, 0.25) is 0 Å². The van der Waals surface area contributed by atoms with E-state index >= 15 is 0 Å². The second-order valence-corrected chi connectivity index (χ2v) is 8.10. The molecule has 4 aromatic carbocycles. The van der Waals surface area contributed by atoms with E-state index in [0.29, 0.717) is 22.6 Å². The Morgan fingerprint density at radius 3 is 1.34 bits per heavy atom. The maximum atomic E-state index is 12.5. The van der Waals surface area contributed by atoms with Gasteiger partial charge in [0, 0.05) is 23.3 Å². The number of benzene rings is 4. The average molecular weight is 469 g/mol. The maximum Gasteiger partial charge on any atom is 0.255 e. The second-order valence-electron chi connectivity index (χ2n) is 8.10. The molecule has 0 saturated heterocycles. The topological polar surface area (TPSA) is 108 Å². The monoisotopic (exact) mass is 468 g/mol. The molecule has 0 saturated carbocycles. The number of hydrogen-bond acceptors (Lipinski definition) is 5. The molecule has 4 aromatic rings. The zero-order valence-electron chi connectivity index (χ0n) is 19.2. The third-order valence-electron chi connectivity index (χ3n) is 5.30. The number of phenols is 2.